The first-order valence-corrected chi connectivity index (χ1v) is 6.53. The van der Waals surface area contributed by atoms with Gasteiger partial charge in [0, 0.05) is 31.3 Å². The Labute approximate surface area is 102 Å². The van der Waals surface area contributed by atoms with Crippen molar-refractivity contribution in [3.63, 3.8) is 0 Å². The van der Waals surface area contributed by atoms with Gasteiger partial charge in [-0.25, -0.2) is 4.98 Å². The lowest BCUT2D eigenvalue weighted by Gasteiger charge is -2.23. The summed E-state index contributed by atoms with van der Waals surface area (Å²) in [4.78, 5) is 4.24. The van der Waals surface area contributed by atoms with Crippen LogP contribution in [0, 0.1) is 16.7 Å². The van der Waals surface area contributed by atoms with Gasteiger partial charge in [-0.1, -0.05) is 13.8 Å². The average Bonchev–Trinajstić information content (AvgIpc) is 2.75. The summed E-state index contributed by atoms with van der Waals surface area (Å²) in [6, 6.07) is 2.20. The Kier molecular flexibility index (Phi) is 5.44. The maximum atomic E-state index is 8.55. The molecule has 4 heteroatoms. The molecule has 1 aromatic heterocycles. The molecule has 0 aromatic carbocycles. The van der Waals surface area contributed by atoms with Gasteiger partial charge in [0.2, 0.25) is 0 Å². The van der Waals surface area contributed by atoms with Crippen molar-refractivity contribution in [3.05, 3.63) is 16.6 Å². The fourth-order valence-electron chi connectivity index (χ4n) is 1.49. The normalized spacial score (nSPS) is 11.3. The minimum atomic E-state index is 0.206. The third-order valence-corrected chi connectivity index (χ3v) is 3.19. The van der Waals surface area contributed by atoms with Gasteiger partial charge in [-0.15, -0.1) is 11.3 Å². The molecule has 88 valence electrons. The Bertz CT molecular complexity index is 325. The molecule has 0 aliphatic heterocycles. The van der Waals surface area contributed by atoms with Gasteiger partial charge in [0.1, 0.15) is 0 Å². The molecule has 0 radical (unpaired) electrons. The summed E-state index contributed by atoms with van der Waals surface area (Å²) >= 11 is 1.64. The van der Waals surface area contributed by atoms with Crippen molar-refractivity contribution >= 4 is 11.3 Å². The van der Waals surface area contributed by atoms with Crippen molar-refractivity contribution in [2.75, 3.05) is 13.1 Å². The van der Waals surface area contributed by atoms with Crippen molar-refractivity contribution in [2.45, 2.75) is 33.1 Å². The van der Waals surface area contributed by atoms with E-state index in [1.807, 2.05) is 5.51 Å². The van der Waals surface area contributed by atoms with E-state index in [1.54, 1.807) is 11.3 Å². The summed E-state index contributed by atoms with van der Waals surface area (Å²) in [5, 5.41) is 14.1. The topological polar surface area (TPSA) is 48.7 Å². The zero-order valence-corrected chi connectivity index (χ0v) is 10.8. The van der Waals surface area contributed by atoms with Crippen molar-refractivity contribution in [1.82, 2.24) is 10.3 Å². The number of rotatable bonds is 7. The van der Waals surface area contributed by atoms with Crippen molar-refractivity contribution < 1.29 is 0 Å². The molecule has 0 unspecified atom stereocenters. The van der Waals surface area contributed by atoms with Gasteiger partial charge in [-0.05, 0) is 11.8 Å². The molecule has 1 rings (SSSR count). The SMILES string of the molecule is CC(C)(CCC#N)CNCCc1cscn1. The summed E-state index contributed by atoms with van der Waals surface area (Å²) < 4.78 is 0. The van der Waals surface area contributed by atoms with Crippen LogP contribution in [0.2, 0.25) is 0 Å². The van der Waals surface area contributed by atoms with Crippen molar-refractivity contribution in [2.24, 2.45) is 5.41 Å². The smallest absolute Gasteiger partial charge is 0.0794 e. The molecule has 0 aliphatic rings. The maximum Gasteiger partial charge on any atom is 0.0794 e. The molecule has 0 amide bonds. The lowest BCUT2D eigenvalue weighted by molar-refractivity contribution is 0.319. The predicted molar refractivity (Wildman–Crippen MR) is 67.3 cm³/mol. The van der Waals surface area contributed by atoms with Crippen LogP contribution in [0.4, 0.5) is 0 Å². The predicted octanol–water partition coefficient (Wildman–Crippen LogP) is 2.61. The van der Waals surface area contributed by atoms with Crippen LogP contribution >= 0.6 is 11.3 Å². The van der Waals surface area contributed by atoms with E-state index in [2.05, 4.69) is 35.6 Å². The fraction of sp³-hybridized carbons (Fsp3) is 0.667. The second-order valence-electron chi connectivity index (χ2n) is 4.73. The van der Waals surface area contributed by atoms with E-state index in [0.717, 1.165) is 31.6 Å². The standard InChI is InChI=1S/C12H19N3S/c1-12(2,5-3-6-13)9-14-7-4-11-8-16-10-15-11/h8,10,14H,3-5,7,9H2,1-2H3. The van der Waals surface area contributed by atoms with Gasteiger partial charge >= 0.3 is 0 Å². The first-order chi connectivity index (χ1) is 7.64. The number of nitrogens with one attached hydrogen (secondary N) is 1. The third kappa shape index (κ3) is 5.24. The van der Waals surface area contributed by atoms with E-state index in [9.17, 15) is 0 Å². The molecule has 0 fully saturated rings. The molecule has 16 heavy (non-hydrogen) atoms. The molecule has 3 nitrogen and oxygen atoms in total. The number of hydrogen-bond acceptors (Lipinski definition) is 4. The fourth-order valence-corrected chi connectivity index (χ4v) is 2.08. The van der Waals surface area contributed by atoms with Gasteiger partial charge in [-0.3, -0.25) is 0 Å². The molecule has 0 saturated carbocycles. The summed E-state index contributed by atoms with van der Waals surface area (Å²) in [7, 11) is 0. The molecule has 1 N–H and O–H groups in total. The van der Waals surface area contributed by atoms with Crippen LogP contribution < -0.4 is 5.32 Å². The van der Waals surface area contributed by atoms with Crippen LogP contribution in [-0.4, -0.2) is 18.1 Å². The molecule has 0 saturated heterocycles. The summed E-state index contributed by atoms with van der Waals surface area (Å²) in [6.45, 7) is 6.30. The third-order valence-electron chi connectivity index (χ3n) is 2.56. The Morgan fingerprint density at radius 1 is 1.56 bits per heavy atom. The van der Waals surface area contributed by atoms with Gasteiger partial charge in [0.05, 0.1) is 17.3 Å². The first kappa shape index (κ1) is 13.1. The van der Waals surface area contributed by atoms with Crippen LogP contribution in [0.15, 0.2) is 10.9 Å². The van der Waals surface area contributed by atoms with E-state index in [4.69, 9.17) is 5.26 Å². The number of nitriles is 1. The second kappa shape index (κ2) is 6.62. The zero-order valence-electron chi connectivity index (χ0n) is 9.99. The zero-order chi connectivity index (χ0) is 11.9. The Hall–Kier alpha value is -0.920. The van der Waals surface area contributed by atoms with E-state index >= 15 is 0 Å². The molecule has 0 atom stereocenters. The lowest BCUT2D eigenvalue weighted by atomic mass is 9.88. The highest BCUT2D eigenvalue weighted by atomic mass is 32.1. The molecule has 1 aromatic rings. The van der Waals surface area contributed by atoms with Gasteiger partial charge in [-0.2, -0.15) is 5.26 Å². The van der Waals surface area contributed by atoms with Crippen LogP contribution in [0.5, 0.6) is 0 Å². The number of aromatic nitrogens is 1. The van der Waals surface area contributed by atoms with Gasteiger partial charge in [0.15, 0.2) is 0 Å². The highest BCUT2D eigenvalue weighted by Gasteiger charge is 2.16. The summed E-state index contributed by atoms with van der Waals surface area (Å²) in [5.41, 5.74) is 3.23. The van der Waals surface area contributed by atoms with Crippen LogP contribution in [-0.2, 0) is 6.42 Å². The molecule has 0 aliphatic carbocycles. The van der Waals surface area contributed by atoms with E-state index < -0.39 is 0 Å². The lowest BCUT2D eigenvalue weighted by Crippen LogP contribution is -2.30. The second-order valence-corrected chi connectivity index (χ2v) is 5.45. The van der Waals surface area contributed by atoms with E-state index in [-0.39, 0.29) is 5.41 Å². The Morgan fingerprint density at radius 2 is 2.38 bits per heavy atom. The summed E-state index contributed by atoms with van der Waals surface area (Å²) in [5.74, 6) is 0. The Balaban J connectivity index is 2.12. The number of hydrogen-bond donors (Lipinski definition) is 1. The van der Waals surface area contributed by atoms with E-state index in [0.29, 0.717) is 6.42 Å². The largest absolute Gasteiger partial charge is 0.316 e. The minimum Gasteiger partial charge on any atom is -0.316 e. The quantitative estimate of drug-likeness (QED) is 0.742. The Morgan fingerprint density at radius 3 is 3.00 bits per heavy atom. The minimum absolute atomic E-state index is 0.206. The van der Waals surface area contributed by atoms with Crippen LogP contribution in [0.25, 0.3) is 0 Å². The maximum absolute atomic E-state index is 8.55. The van der Waals surface area contributed by atoms with Crippen LogP contribution in [0.3, 0.4) is 0 Å². The molecule has 0 spiro atoms. The van der Waals surface area contributed by atoms with Gasteiger partial charge < -0.3 is 5.32 Å². The number of thiazole rings is 1. The molecule has 1 heterocycles. The van der Waals surface area contributed by atoms with Crippen LogP contribution in [0.1, 0.15) is 32.4 Å². The number of nitrogens with zero attached hydrogens (tertiary/aromatic N) is 2. The summed E-state index contributed by atoms with van der Waals surface area (Å²) in [6.07, 6.45) is 2.58. The molecular formula is C12H19N3S. The molecule has 0 bridgehead atoms. The highest BCUT2D eigenvalue weighted by molar-refractivity contribution is 7.07. The monoisotopic (exact) mass is 237 g/mol. The van der Waals surface area contributed by atoms with E-state index in [1.165, 1.54) is 0 Å². The van der Waals surface area contributed by atoms with Gasteiger partial charge in [0.25, 0.3) is 0 Å². The van der Waals surface area contributed by atoms with Crippen molar-refractivity contribution in [3.8, 4) is 6.07 Å². The molecular weight excluding hydrogens is 218 g/mol. The highest BCUT2D eigenvalue weighted by Crippen LogP contribution is 2.20. The first-order valence-electron chi connectivity index (χ1n) is 5.59. The van der Waals surface area contributed by atoms with Crippen molar-refractivity contribution in [1.29, 1.82) is 5.26 Å². The average molecular weight is 237 g/mol.